The lowest BCUT2D eigenvalue weighted by atomic mass is 9.99. The first-order valence-corrected chi connectivity index (χ1v) is 11.1. The van der Waals surface area contributed by atoms with Gasteiger partial charge in [0.15, 0.2) is 0 Å². The first-order chi connectivity index (χ1) is 15.2. The van der Waals surface area contributed by atoms with Gasteiger partial charge in [-0.2, -0.15) is 0 Å². The van der Waals surface area contributed by atoms with Crippen LogP contribution in [-0.4, -0.2) is 41.9 Å². The molecule has 0 aliphatic carbocycles. The van der Waals surface area contributed by atoms with Crippen LogP contribution < -0.4 is 10.6 Å². The molecule has 32 heavy (non-hydrogen) atoms. The highest BCUT2D eigenvalue weighted by atomic mass is 19.1. The van der Waals surface area contributed by atoms with Crippen LogP contribution in [0.25, 0.3) is 0 Å². The lowest BCUT2D eigenvalue weighted by molar-refractivity contribution is -0.125. The summed E-state index contributed by atoms with van der Waals surface area (Å²) in [7, 11) is 0. The van der Waals surface area contributed by atoms with E-state index in [-0.39, 0.29) is 17.9 Å². The van der Waals surface area contributed by atoms with Gasteiger partial charge < -0.3 is 10.6 Å². The summed E-state index contributed by atoms with van der Waals surface area (Å²) in [5.41, 5.74) is 1.84. The second-order valence-corrected chi connectivity index (χ2v) is 8.84. The van der Waals surface area contributed by atoms with E-state index < -0.39 is 29.1 Å². The predicted molar refractivity (Wildman–Crippen MR) is 120 cm³/mol. The van der Waals surface area contributed by atoms with Gasteiger partial charge in [0, 0.05) is 25.7 Å². The first-order valence-electron chi connectivity index (χ1n) is 11.1. The molecule has 0 radical (unpaired) electrons. The zero-order valence-corrected chi connectivity index (χ0v) is 18.8. The number of piperidine rings is 1. The SMILES string of the molecule is Cc1cccc(CN2CCC(NC(=O)C(NC(=O)c3c(F)cccc3F)C(C)C)CC2)c1. The minimum atomic E-state index is -0.952. The number of amides is 2. The summed E-state index contributed by atoms with van der Waals surface area (Å²) >= 11 is 0. The van der Waals surface area contributed by atoms with E-state index in [0.29, 0.717) is 0 Å². The smallest absolute Gasteiger partial charge is 0.257 e. The van der Waals surface area contributed by atoms with E-state index in [2.05, 4.69) is 46.7 Å². The number of aryl methyl sites for hydroxylation is 1. The van der Waals surface area contributed by atoms with Crippen LogP contribution in [0.5, 0.6) is 0 Å². The Hall–Kier alpha value is -2.80. The lowest BCUT2D eigenvalue weighted by Crippen LogP contribution is -2.54. The molecule has 172 valence electrons. The second-order valence-electron chi connectivity index (χ2n) is 8.84. The molecule has 1 aliphatic heterocycles. The number of nitrogens with one attached hydrogen (secondary N) is 2. The van der Waals surface area contributed by atoms with Gasteiger partial charge in [0.25, 0.3) is 5.91 Å². The molecule has 3 rings (SSSR count). The molecule has 0 saturated carbocycles. The van der Waals surface area contributed by atoms with Crippen LogP contribution in [-0.2, 0) is 11.3 Å². The average Bonchev–Trinajstić information content (AvgIpc) is 2.73. The Morgan fingerprint density at radius 2 is 1.69 bits per heavy atom. The monoisotopic (exact) mass is 443 g/mol. The van der Waals surface area contributed by atoms with E-state index in [1.54, 1.807) is 13.8 Å². The van der Waals surface area contributed by atoms with Crippen molar-refractivity contribution in [2.75, 3.05) is 13.1 Å². The maximum Gasteiger partial charge on any atom is 0.257 e. The van der Waals surface area contributed by atoms with Crippen molar-refractivity contribution in [2.45, 2.75) is 52.2 Å². The fraction of sp³-hybridized carbons (Fsp3) is 0.440. The van der Waals surface area contributed by atoms with E-state index in [0.717, 1.165) is 44.6 Å². The summed E-state index contributed by atoms with van der Waals surface area (Å²) in [6.45, 7) is 8.24. The Morgan fingerprint density at radius 3 is 2.28 bits per heavy atom. The second kappa shape index (κ2) is 10.7. The molecular formula is C25H31F2N3O2. The van der Waals surface area contributed by atoms with Crippen molar-refractivity contribution in [3.63, 3.8) is 0 Å². The molecule has 0 spiro atoms. The van der Waals surface area contributed by atoms with Gasteiger partial charge in [0.1, 0.15) is 23.2 Å². The third-order valence-electron chi connectivity index (χ3n) is 5.85. The lowest BCUT2D eigenvalue weighted by Gasteiger charge is -2.33. The van der Waals surface area contributed by atoms with Crippen molar-refractivity contribution in [1.29, 1.82) is 0 Å². The van der Waals surface area contributed by atoms with E-state index in [1.807, 2.05) is 0 Å². The summed E-state index contributed by atoms with van der Waals surface area (Å²) < 4.78 is 27.9. The summed E-state index contributed by atoms with van der Waals surface area (Å²) in [5.74, 6) is -3.40. The van der Waals surface area contributed by atoms with Crippen molar-refractivity contribution < 1.29 is 18.4 Å². The molecule has 0 aromatic heterocycles. The normalized spacial score (nSPS) is 16.1. The molecule has 1 heterocycles. The van der Waals surface area contributed by atoms with E-state index in [9.17, 15) is 18.4 Å². The van der Waals surface area contributed by atoms with Gasteiger partial charge in [0.05, 0.1) is 0 Å². The number of nitrogens with zero attached hydrogens (tertiary/aromatic N) is 1. The first kappa shape index (κ1) is 23.9. The van der Waals surface area contributed by atoms with Crippen LogP contribution in [0, 0.1) is 24.5 Å². The molecule has 1 saturated heterocycles. The summed E-state index contributed by atoms with van der Waals surface area (Å²) in [6.07, 6.45) is 1.61. The highest BCUT2D eigenvalue weighted by Crippen LogP contribution is 2.16. The fourth-order valence-corrected chi connectivity index (χ4v) is 4.06. The van der Waals surface area contributed by atoms with E-state index in [1.165, 1.54) is 17.2 Å². The van der Waals surface area contributed by atoms with Crippen LogP contribution in [0.2, 0.25) is 0 Å². The van der Waals surface area contributed by atoms with Gasteiger partial charge in [-0.15, -0.1) is 0 Å². The Kier molecular flexibility index (Phi) is 7.96. The molecule has 0 bridgehead atoms. The third-order valence-corrected chi connectivity index (χ3v) is 5.85. The fourth-order valence-electron chi connectivity index (χ4n) is 4.06. The molecule has 2 N–H and O–H groups in total. The van der Waals surface area contributed by atoms with Crippen LogP contribution >= 0.6 is 0 Å². The van der Waals surface area contributed by atoms with Crippen LogP contribution in [0.4, 0.5) is 8.78 Å². The Morgan fingerprint density at radius 1 is 1.06 bits per heavy atom. The number of rotatable bonds is 7. The van der Waals surface area contributed by atoms with Gasteiger partial charge in [-0.1, -0.05) is 49.7 Å². The standard InChI is InChI=1S/C25H31F2N3O2/c1-16(2)23(29-24(31)22-20(26)8-5-9-21(22)27)25(32)28-19-10-12-30(13-11-19)15-18-7-4-6-17(3)14-18/h4-9,14,16,19,23H,10-13,15H2,1-3H3,(H,28,32)(H,29,31). The number of hydrogen-bond donors (Lipinski definition) is 2. The van der Waals surface area contributed by atoms with Gasteiger partial charge in [-0.05, 0) is 43.4 Å². The van der Waals surface area contributed by atoms with Gasteiger partial charge in [-0.3, -0.25) is 14.5 Å². The topological polar surface area (TPSA) is 61.4 Å². The number of hydrogen-bond acceptors (Lipinski definition) is 3. The Balaban J connectivity index is 1.54. The number of carbonyl (C=O) groups is 2. The van der Waals surface area contributed by atoms with Crippen LogP contribution in [0.1, 0.15) is 48.2 Å². The number of carbonyl (C=O) groups excluding carboxylic acids is 2. The highest BCUT2D eigenvalue weighted by Gasteiger charge is 2.29. The molecular weight excluding hydrogens is 412 g/mol. The van der Waals surface area contributed by atoms with Crippen LogP contribution in [0.3, 0.4) is 0 Å². The Bertz CT molecular complexity index is 936. The molecule has 2 aromatic carbocycles. The molecule has 2 aromatic rings. The van der Waals surface area contributed by atoms with Crippen molar-refractivity contribution in [1.82, 2.24) is 15.5 Å². The van der Waals surface area contributed by atoms with E-state index in [4.69, 9.17) is 0 Å². The number of benzene rings is 2. The maximum absolute atomic E-state index is 13.9. The van der Waals surface area contributed by atoms with Crippen molar-refractivity contribution in [2.24, 2.45) is 5.92 Å². The van der Waals surface area contributed by atoms with Gasteiger partial charge >= 0.3 is 0 Å². The minimum absolute atomic E-state index is 0.000362. The summed E-state index contributed by atoms with van der Waals surface area (Å²) in [6, 6.07) is 10.8. The quantitative estimate of drug-likeness (QED) is 0.684. The molecule has 1 aliphatic rings. The molecule has 5 nitrogen and oxygen atoms in total. The molecule has 1 fully saturated rings. The van der Waals surface area contributed by atoms with Gasteiger partial charge in [-0.25, -0.2) is 8.78 Å². The van der Waals surface area contributed by atoms with Crippen molar-refractivity contribution in [3.05, 3.63) is 70.8 Å². The Labute approximate surface area is 188 Å². The average molecular weight is 444 g/mol. The predicted octanol–water partition coefficient (Wildman–Crippen LogP) is 3.81. The summed E-state index contributed by atoms with van der Waals surface area (Å²) in [4.78, 5) is 27.7. The largest absolute Gasteiger partial charge is 0.351 e. The zero-order chi connectivity index (χ0) is 23.3. The van der Waals surface area contributed by atoms with Gasteiger partial charge in [0.2, 0.25) is 5.91 Å². The van der Waals surface area contributed by atoms with Crippen LogP contribution in [0.15, 0.2) is 42.5 Å². The number of likely N-dealkylation sites (tertiary alicyclic amines) is 1. The van der Waals surface area contributed by atoms with E-state index >= 15 is 0 Å². The number of halogens is 2. The highest BCUT2D eigenvalue weighted by molar-refractivity contribution is 5.98. The molecule has 2 amide bonds. The maximum atomic E-state index is 13.9. The molecule has 1 atom stereocenters. The molecule has 1 unspecified atom stereocenters. The zero-order valence-electron chi connectivity index (χ0n) is 18.8. The van der Waals surface area contributed by atoms with Crippen molar-refractivity contribution >= 4 is 11.8 Å². The molecule has 7 heteroatoms. The minimum Gasteiger partial charge on any atom is -0.351 e. The van der Waals surface area contributed by atoms with Crippen molar-refractivity contribution in [3.8, 4) is 0 Å². The summed E-state index contributed by atoms with van der Waals surface area (Å²) in [5, 5.41) is 5.52. The third kappa shape index (κ3) is 6.13.